The third-order valence-corrected chi connectivity index (χ3v) is 3.65. The summed E-state index contributed by atoms with van der Waals surface area (Å²) in [6.07, 6.45) is 3.57. The summed E-state index contributed by atoms with van der Waals surface area (Å²) in [6, 6.07) is 8.10. The maximum Gasteiger partial charge on any atom is 0.327 e. The van der Waals surface area contributed by atoms with Crippen molar-refractivity contribution in [1.29, 1.82) is 0 Å². The molecule has 0 saturated carbocycles. The molecule has 1 unspecified atom stereocenters. The number of nitrogens with one attached hydrogen (secondary N) is 1. The van der Waals surface area contributed by atoms with Crippen LogP contribution in [-0.2, 0) is 9.59 Å². The summed E-state index contributed by atoms with van der Waals surface area (Å²) in [5.74, 6) is -0.489. The molecule has 1 fully saturated rings. The lowest BCUT2D eigenvalue weighted by Crippen LogP contribution is -2.55. The van der Waals surface area contributed by atoms with Gasteiger partial charge in [0.1, 0.15) is 6.29 Å². The molecule has 1 N–H and O–H groups in total. The van der Waals surface area contributed by atoms with Crippen molar-refractivity contribution in [2.45, 2.75) is 13.0 Å². The number of urea groups is 1. The third-order valence-electron chi connectivity index (χ3n) is 3.65. The number of hydrogen-bond acceptors (Lipinski definition) is 4. The molecule has 0 aromatic heterocycles. The van der Waals surface area contributed by atoms with Crippen molar-refractivity contribution in [1.82, 2.24) is 15.1 Å². The number of carbonyl (C=O) groups is 3. The van der Waals surface area contributed by atoms with E-state index < -0.39 is 18.0 Å². The van der Waals surface area contributed by atoms with Crippen molar-refractivity contribution in [3.63, 3.8) is 0 Å². The van der Waals surface area contributed by atoms with E-state index in [1.807, 2.05) is 30.3 Å². The van der Waals surface area contributed by atoms with Crippen LogP contribution >= 0.6 is 0 Å². The molecule has 2 rings (SSSR count). The lowest BCUT2D eigenvalue weighted by atomic mass is 10.2. The van der Waals surface area contributed by atoms with Gasteiger partial charge >= 0.3 is 6.03 Å². The summed E-state index contributed by atoms with van der Waals surface area (Å²) >= 11 is 0. The van der Waals surface area contributed by atoms with Gasteiger partial charge in [-0.15, -0.1) is 0 Å². The van der Waals surface area contributed by atoms with Crippen LogP contribution in [0.2, 0.25) is 0 Å². The number of rotatable bonds is 4. The van der Waals surface area contributed by atoms with Crippen molar-refractivity contribution in [2.24, 2.45) is 0 Å². The van der Waals surface area contributed by atoms with E-state index in [0.717, 1.165) is 10.5 Å². The van der Waals surface area contributed by atoms with Gasteiger partial charge in [-0.1, -0.05) is 30.3 Å². The molecule has 1 aromatic rings. The Morgan fingerprint density at radius 1 is 1.22 bits per heavy atom. The van der Waals surface area contributed by atoms with Crippen molar-refractivity contribution in [2.75, 3.05) is 26.2 Å². The standard InChI is InChI=1S/C17H21N3O3/c1-14(13-21)20(17(23)19-11-9-18-10-12-19)16(22)8-7-15-5-3-2-4-6-15/h2-8,13-14,18H,9-12H2,1H3. The first-order valence-electron chi connectivity index (χ1n) is 7.64. The predicted molar refractivity (Wildman–Crippen MR) is 87.7 cm³/mol. The lowest BCUT2D eigenvalue weighted by molar-refractivity contribution is -0.128. The molecule has 122 valence electrons. The summed E-state index contributed by atoms with van der Waals surface area (Å²) in [5, 5.41) is 3.15. The van der Waals surface area contributed by atoms with Crippen LogP contribution in [0, 0.1) is 0 Å². The molecule has 1 atom stereocenters. The molecular formula is C17H21N3O3. The minimum absolute atomic E-state index is 0.422. The van der Waals surface area contributed by atoms with E-state index in [1.54, 1.807) is 17.9 Å². The van der Waals surface area contributed by atoms with Crippen molar-refractivity contribution >= 4 is 24.3 Å². The Kier molecular flexibility index (Phi) is 6.05. The number of hydrogen-bond donors (Lipinski definition) is 1. The van der Waals surface area contributed by atoms with Gasteiger partial charge in [0.25, 0.3) is 5.91 Å². The molecule has 1 aliphatic heterocycles. The van der Waals surface area contributed by atoms with Gasteiger partial charge in [0.05, 0.1) is 6.04 Å². The molecule has 1 heterocycles. The van der Waals surface area contributed by atoms with E-state index in [2.05, 4.69) is 5.32 Å². The quantitative estimate of drug-likeness (QED) is 0.668. The van der Waals surface area contributed by atoms with Gasteiger partial charge in [0.2, 0.25) is 0 Å². The molecule has 6 nitrogen and oxygen atoms in total. The molecule has 3 amide bonds. The van der Waals surface area contributed by atoms with Gasteiger partial charge < -0.3 is 15.0 Å². The second-order valence-electron chi connectivity index (χ2n) is 5.35. The maximum atomic E-state index is 12.6. The first-order valence-corrected chi connectivity index (χ1v) is 7.64. The number of amides is 3. The fraction of sp³-hybridized carbons (Fsp3) is 0.353. The van der Waals surface area contributed by atoms with E-state index in [0.29, 0.717) is 32.5 Å². The van der Waals surface area contributed by atoms with Crippen LogP contribution in [0.3, 0.4) is 0 Å². The summed E-state index contributed by atoms with van der Waals surface area (Å²) in [6.45, 7) is 3.96. The fourth-order valence-corrected chi connectivity index (χ4v) is 2.35. The van der Waals surface area contributed by atoms with Gasteiger partial charge in [-0.05, 0) is 18.6 Å². The van der Waals surface area contributed by atoms with Crippen molar-refractivity contribution in [3.05, 3.63) is 42.0 Å². The molecule has 0 spiro atoms. The van der Waals surface area contributed by atoms with Gasteiger partial charge in [-0.25, -0.2) is 4.79 Å². The Bertz CT molecular complexity index is 580. The molecule has 1 aliphatic rings. The summed E-state index contributed by atoms with van der Waals surface area (Å²) in [4.78, 5) is 38.7. The minimum atomic E-state index is -0.801. The van der Waals surface area contributed by atoms with E-state index in [4.69, 9.17) is 0 Å². The van der Waals surface area contributed by atoms with Gasteiger partial charge in [0.15, 0.2) is 0 Å². The largest absolute Gasteiger partial charge is 0.327 e. The van der Waals surface area contributed by atoms with Crippen molar-refractivity contribution in [3.8, 4) is 0 Å². The zero-order valence-corrected chi connectivity index (χ0v) is 13.1. The smallest absolute Gasteiger partial charge is 0.322 e. The minimum Gasteiger partial charge on any atom is -0.322 e. The average molecular weight is 315 g/mol. The topological polar surface area (TPSA) is 69.7 Å². The highest BCUT2D eigenvalue weighted by atomic mass is 16.2. The highest BCUT2D eigenvalue weighted by molar-refractivity contribution is 6.04. The maximum absolute atomic E-state index is 12.6. The fourth-order valence-electron chi connectivity index (χ4n) is 2.35. The normalized spacial score (nSPS) is 16.1. The van der Waals surface area contributed by atoms with Crippen LogP contribution in [-0.4, -0.2) is 60.2 Å². The third kappa shape index (κ3) is 4.50. The molecule has 0 aliphatic carbocycles. The number of piperazine rings is 1. The monoisotopic (exact) mass is 315 g/mol. The Hall–Kier alpha value is -2.47. The van der Waals surface area contributed by atoms with E-state index in [-0.39, 0.29) is 0 Å². The molecule has 6 heteroatoms. The number of nitrogens with zero attached hydrogens (tertiary/aromatic N) is 2. The first-order chi connectivity index (χ1) is 11.1. The Morgan fingerprint density at radius 2 is 1.87 bits per heavy atom. The zero-order valence-electron chi connectivity index (χ0n) is 13.1. The van der Waals surface area contributed by atoms with Crippen LogP contribution in [0.1, 0.15) is 12.5 Å². The summed E-state index contributed by atoms with van der Waals surface area (Å²) < 4.78 is 0. The number of imide groups is 1. The van der Waals surface area contributed by atoms with E-state index >= 15 is 0 Å². The van der Waals surface area contributed by atoms with Crippen LogP contribution in [0.4, 0.5) is 4.79 Å². The van der Waals surface area contributed by atoms with Crippen LogP contribution in [0.5, 0.6) is 0 Å². The number of carbonyl (C=O) groups excluding carboxylic acids is 3. The molecule has 1 saturated heterocycles. The highest BCUT2D eigenvalue weighted by Gasteiger charge is 2.30. The van der Waals surface area contributed by atoms with Crippen LogP contribution in [0.25, 0.3) is 6.08 Å². The predicted octanol–water partition coefficient (Wildman–Crippen LogP) is 1.14. The SMILES string of the molecule is CC(C=O)N(C(=O)C=Cc1ccccc1)C(=O)N1CCNCC1. The second kappa shape index (κ2) is 8.24. The highest BCUT2D eigenvalue weighted by Crippen LogP contribution is 2.08. The molecular weight excluding hydrogens is 294 g/mol. The molecule has 1 aromatic carbocycles. The summed E-state index contributed by atoms with van der Waals surface area (Å²) in [7, 11) is 0. The summed E-state index contributed by atoms with van der Waals surface area (Å²) in [5.41, 5.74) is 0.856. The Morgan fingerprint density at radius 3 is 2.48 bits per heavy atom. The van der Waals surface area contributed by atoms with Gasteiger partial charge in [0, 0.05) is 32.3 Å². The Labute approximate surface area is 135 Å². The molecule has 0 radical (unpaired) electrons. The zero-order chi connectivity index (χ0) is 16.7. The van der Waals surface area contributed by atoms with E-state index in [9.17, 15) is 14.4 Å². The van der Waals surface area contributed by atoms with Crippen molar-refractivity contribution < 1.29 is 14.4 Å². The van der Waals surface area contributed by atoms with Crippen LogP contribution in [0.15, 0.2) is 36.4 Å². The first kappa shape index (κ1) is 16.9. The molecule has 23 heavy (non-hydrogen) atoms. The number of benzene rings is 1. The second-order valence-corrected chi connectivity index (χ2v) is 5.35. The lowest BCUT2D eigenvalue weighted by Gasteiger charge is -2.33. The van der Waals surface area contributed by atoms with Gasteiger partial charge in [-0.3, -0.25) is 9.69 Å². The van der Waals surface area contributed by atoms with Crippen LogP contribution < -0.4 is 5.32 Å². The molecule has 0 bridgehead atoms. The Balaban J connectivity index is 2.13. The van der Waals surface area contributed by atoms with E-state index in [1.165, 1.54) is 6.08 Å². The number of aldehydes is 1. The average Bonchev–Trinajstić information content (AvgIpc) is 2.61. The van der Waals surface area contributed by atoms with Gasteiger partial charge in [-0.2, -0.15) is 0 Å².